The first-order valence-electron chi connectivity index (χ1n) is 15.5. The van der Waals surface area contributed by atoms with Crippen molar-refractivity contribution in [2.24, 2.45) is 4.99 Å². The van der Waals surface area contributed by atoms with Crippen LogP contribution in [0.3, 0.4) is 0 Å². The second-order valence-electron chi connectivity index (χ2n) is 12.3. The van der Waals surface area contributed by atoms with Gasteiger partial charge in [-0.05, 0) is 58.3 Å². The molecule has 8 aromatic rings. The average molecular weight is 592 g/mol. The summed E-state index contributed by atoms with van der Waals surface area (Å²) >= 11 is 1.94. The number of hydrogen-bond donors (Lipinski definition) is 0. The molecule has 210 valence electrons. The van der Waals surface area contributed by atoms with Gasteiger partial charge in [-0.2, -0.15) is 0 Å². The first-order valence-corrected chi connectivity index (χ1v) is 16.4. The monoisotopic (exact) mass is 591 g/mol. The number of aromatic nitrogens is 1. The molecule has 5 heterocycles. The minimum absolute atomic E-state index is 0.0509. The fourth-order valence-electron chi connectivity index (χ4n) is 8.16. The molecule has 2 unspecified atom stereocenters. The largest absolute Gasteiger partial charge is 0.316 e. The van der Waals surface area contributed by atoms with E-state index in [1.165, 1.54) is 80.8 Å². The SMILES string of the molecule is C1=CC2=NC(c3ccccc3)C3c4cc(-n5c6ccccc6c6c7sc8c9ccccc9ccc8c7ccc65)ccc4C(=C1)N23. The van der Waals surface area contributed by atoms with E-state index in [1.54, 1.807) is 0 Å². The number of amidine groups is 1. The van der Waals surface area contributed by atoms with E-state index in [2.05, 4.69) is 149 Å². The number of aliphatic imine (C=N–C) groups is 1. The van der Waals surface area contributed by atoms with Crippen molar-refractivity contribution in [2.45, 2.75) is 12.1 Å². The maximum atomic E-state index is 5.24. The molecule has 0 amide bonds. The Kier molecular flexibility index (Phi) is 4.57. The van der Waals surface area contributed by atoms with Crippen LogP contribution in [0.25, 0.3) is 64.1 Å². The second-order valence-corrected chi connectivity index (χ2v) is 13.3. The van der Waals surface area contributed by atoms with E-state index in [9.17, 15) is 0 Å². The van der Waals surface area contributed by atoms with Crippen molar-refractivity contribution in [1.29, 1.82) is 0 Å². The van der Waals surface area contributed by atoms with E-state index in [-0.39, 0.29) is 12.1 Å². The molecular weight excluding hydrogens is 567 g/mol. The molecule has 3 nitrogen and oxygen atoms in total. The van der Waals surface area contributed by atoms with E-state index >= 15 is 0 Å². The molecule has 0 fully saturated rings. The highest BCUT2D eigenvalue weighted by Gasteiger charge is 2.46. The first kappa shape index (κ1) is 23.9. The summed E-state index contributed by atoms with van der Waals surface area (Å²) in [6.07, 6.45) is 6.54. The Morgan fingerprint density at radius 2 is 1.44 bits per heavy atom. The van der Waals surface area contributed by atoms with Gasteiger partial charge in [-0.15, -0.1) is 11.3 Å². The van der Waals surface area contributed by atoms with Crippen molar-refractivity contribution in [3.8, 4) is 5.69 Å². The first-order chi connectivity index (χ1) is 22.3. The van der Waals surface area contributed by atoms with Gasteiger partial charge in [0.05, 0.1) is 22.8 Å². The highest BCUT2D eigenvalue weighted by Crippen LogP contribution is 2.54. The molecule has 11 rings (SSSR count). The zero-order valence-electron chi connectivity index (χ0n) is 24.2. The van der Waals surface area contributed by atoms with Crippen LogP contribution in [0.1, 0.15) is 28.8 Å². The predicted octanol–water partition coefficient (Wildman–Crippen LogP) is 10.7. The summed E-state index contributed by atoms with van der Waals surface area (Å²) in [7, 11) is 0. The van der Waals surface area contributed by atoms with Crippen LogP contribution in [0.2, 0.25) is 0 Å². The Morgan fingerprint density at radius 3 is 2.38 bits per heavy atom. The minimum atomic E-state index is 0.0509. The van der Waals surface area contributed by atoms with E-state index < -0.39 is 0 Å². The number of thiophene rings is 1. The molecule has 45 heavy (non-hydrogen) atoms. The summed E-state index contributed by atoms with van der Waals surface area (Å²) in [6.45, 7) is 0. The van der Waals surface area contributed by atoms with Crippen LogP contribution in [0, 0.1) is 0 Å². The number of rotatable bonds is 2. The molecule has 3 aliphatic rings. The number of para-hydroxylation sites is 1. The molecule has 0 spiro atoms. The van der Waals surface area contributed by atoms with E-state index in [0.717, 1.165) is 5.84 Å². The fourth-order valence-corrected chi connectivity index (χ4v) is 9.55. The lowest BCUT2D eigenvalue weighted by Gasteiger charge is -2.25. The molecule has 0 radical (unpaired) electrons. The Hall–Kier alpha value is -5.45. The maximum absolute atomic E-state index is 5.24. The molecule has 0 N–H and O–H groups in total. The lowest BCUT2D eigenvalue weighted by Crippen LogP contribution is -2.24. The third-order valence-corrected chi connectivity index (χ3v) is 11.3. The lowest BCUT2D eigenvalue weighted by atomic mass is 9.93. The molecule has 0 saturated heterocycles. The number of benzene rings is 6. The van der Waals surface area contributed by atoms with Crippen LogP contribution in [-0.2, 0) is 0 Å². The van der Waals surface area contributed by atoms with Crippen LogP contribution in [0.15, 0.2) is 145 Å². The molecular formula is C41H25N3S. The topological polar surface area (TPSA) is 20.5 Å². The van der Waals surface area contributed by atoms with Gasteiger partial charge >= 0.3 is 0 Å². The van der Waals surface area contributed by atoms with Gasteiger partial charge in [0.2, 0.25) is 0 Å². The van der Waals surface area contributed by atoms with Crippen molar-refractivity contribution in [3.63, 3.8) is 0 Å². The molecule has 6 aromatic carbocycles. The van der Waals surface area contributed by atoms with Gasteiger partial charge < -0.3 is 9.47 Å². The zero-order valence-corrected chi connectivity index (χ0v) is 25.0. The van der Waals surface area contributed by atoms with E-state index in [1.807, 2.05) is 11.3 Å². The molecule has 3 aliphatic heterocycles. The van der Waals surface area contributed by atoms with Gasteiger partial charge in [-0.1, -0.05) is 103 Å². The van der Waals surface area contributed by atoms with Gasteiger partial charge in [0.1, 0.15) is 11.9 Å². The second kappa shape index (κ2) is 8.59. The third-order valence-electron chi connectivity index (χ3n) is 10.0. The summed E-state index contributed by atoms with van der Waals surface area (Å²) in [6, 6.07) is 45.0. The Labute approximate surface area is 263 Å². The molecule has 0 bridgehead atoms. The van der Waals surface area contributed by atoms with Gasteiger partial charge in [-0.25, -0.2) is 0 Å². The highest BCUT2D eigenvalue weighted by molar-refractivity contribution is 7.27. The molecule has 2 aromatic heterocycles. The summed E-state index contributed by atoms with van der Waals surface area (Å²) in [5.74, 6) is 1.06. The average Bonchev–Trinajstić information content (AvgIpc) is 3.85. The van der Waals surface area contributed by atoms with Crippen LogP contribution in [-0.4, -0.2) is 15.3 Å². The smallest absolute Gasteiger partial charge is 0.129 e. The third kappa shape index (κ3) is 3.07. The Bertz CT molecular complexity index is 2670. The maximum Gasteiger partial charge on any atom is 0.129 e. The standard InChI is InChI=1S/C41H25N3S/c1-2-10-25(11-3-1)38-39-32-23-26(18-20-28(32)33-15-8-16-36(42-38)44(33)39)43-34-14-7-6-13-31(34)37-35(43)22-21-30-29-19-17-24-9-4-5-12-27(24)40(29)45-41(30)37/h1-23,38-39H. The quantitative estimate of drug-likeness (QED) is 0.196. The number of allylic oxidation sites excluding steroid dienone is 2. The lowest BCUT2D eigenvalue weighted by molar-refractivity contribution is 0.433. The van der Waals surface area contributed by atoms with Crippen molar-refractivity contribution in [3.05, 3.63) is 156 Å². The Morgan fingerprint density at radius 1 is 0.644 bits per heavy atom. The van der Waals surface area contributed by atoms with Crippen molar-refractivity contribution < 1.29 is 0 Å². The minimum Gasteiger partial charge on any atom is -0.316 e. The van der Waals surface area contributed by atoms with Gasteiger partial charge in [0, 0.05) is 42.2 Å². The van der Waals surface area contributed by atoms with Crippen LogP contribution in [0.5, 0.6) is 0 Å². The number of hydrogen-bond acceptors (Lipinski definition) is 3. The molecule has 2 atom stereocenters. The fraction of sp³-hybridized carbons (Fsp3) is 0.0488. The van der Waals surface area contributed by atoms with Crippen molar-refractivity contribution >= 4 is 75.6 Å². The summed E-state index contributed by atoms with van der Waals surface area (Å²) < 4.78 is 5.21. The van der Waals surface area contributed by atoms with E-state index in [0.29, 0.717) is 0 Å². The van der Waals surface area contributed by atoms with Crippen LogP contribution < -0.4 is 0 Å². The normalized spacial score (nSPS) is 18.4. The van der Waals surface area contributed by atoms with Gasteiger partial charge in [0.15, 0.2) is 0 Å². The molecule has 0 aliphatic carbocycles. The predicted molar refractivity (Wildman–Crippen MR) is 189 cm³/mol. The van der Waals surface area contributed by atoms with Crippen molar-refractivity contribution in [1.82, 2.24) is 9.47 Å². The highest BCUT2D eigenvalue weighted by atomic mass is 32.1. The molecule has 0 saturated carbocycles. The zero-order chi connectivity index (χ0) is 29.2. The summed E-state index contributed by atoms with van der Waals surface area (Å²) in [5, 5.41) is 7.94. The van der Waals surface area contributed by atoms with E-state index in [4.69, 9.17) is 4.99 Å². The van der Waals surface area contributed by atoms with Crippen LogP contribution in [0.4, 0.5) is 0 Å². The van der Waals surface area contributed by atoms with Gasteiger partial charge in [-0.3, -0.25) is 4.99 Å². The summed E-state index contributed by atoms with van der Waals surface area (Å²) in [4.78, 5) is 7.69. The van der Waals surface area contributed by atoms with Crippen molar-refractivity contribution in [2.75, 3.05) is 0 Å². The number of fused-ring (bicyclic) bond motifs is 12. The van der Waals surface area contributed by atoms with Crippen LogP contribution >= 0.6 is 11.3 Å². The van der Waals surface area contributed by atoms with Gasteiger partial charge in [0.25, 0.3) is 0 Å². The summed E-state index contributed by atoms with van der Waals surface area (Å²) in [5.41, 5.74) is 8.84. The number of nitrogens with zero attached hydrogens (tertiary/aromatic N) is 3. The molecule has 4 heteroatoms. The Balaban J connectivity index is 1.17.